The quantitative estimate of drug-likeness (QED) is 0.633. The van der Waals surface area contributed by atoms with Crippen LogP contribution in [0.2, 0.25) is 0 Å². The maximum atomic E-state index is 13.4. The number of hydrazine groups is 1. The fourth-order valence-electron chi connectivity index (χ4n) is 1.99. The molecule has 0 bridgehead atoms. The SMILES string of the molecule is NNC(CCc1ccco1)Cc1cccc(F)c1Br. The number of nitrogens with two attached hydrogens (primary N) is 1. The number of rotatable bonds is 6. The van der Waals surface area contributed by atoms with E-state index in [0.717, 1.165) is 24.2 Å². The zero-order chi connectivity index (χ0) is 13.7. The van der Waals surface area contributed by atoms with Gasteiger partial charge in [-0.25, -0.2) is 4.39 Å². The third kappa shape index (κ3) is 3.89. The van der Waals surface area contributed by atoms with Crippen molar-refractivity contribution < 1.29 is 8.81 Å². The molecular formula is C14H16BrFN2O. The van der Waals surface area contributed by atoms with Crippen molar-refractivity contribution in [1.29, 1.82) is 0 Å². The van der Waals surface area contributed by atoms with Gasteiger partial charge in [-0.1, -0.05) is 12.1 Å². The molecule has 0 saturated heterocycles. The molecule has 1 aromatic carbocycles. The van der Waals surface area contributed by atoms with Gasteiger partial charge in [0.15, 0.2) is 0 Å². The number of nitrogens with one attached hydrogen (secondary N) is 1. The van der Waals surface area contributed by atoms with E-state index >= 15 is 0 Å². The van der Waals surface area contributed by atoms with Crippen molar-refractivity contribution in [3.8, 4) is 0 Å². The summed E-state index contributed by atoms with van der Waals surface area (Å²) in [5.41, 5.74) is 3.68. The van der Waals surface area contributed by atoms with Crippen molar-refractivity contribution in [1.82, 2.24) is 5.43 Å². The van der Waals surface area contributed by atoms with E-state index in [-0.39, 0.29) is 11.9 Å². The second-order valence-corrected chi connectivity index (χ2v) is 5.19. The minimum Gasteiger partial charge on any atom is -0.469 e. The molecule has 0 radical (unpaired) electrons. The van der Waals surface area contributed by atoms with Crippen molar-refractivity contribution in [2.45, 2.75) is 25.3 Å². The standard InChI is InChI=1S/C14H16BrFN2O/c15-14-10(3-1-5-13(14)16)9-11(18-17)6-7-12-4-2-8-19-12/h1-5,8,11,18H,6-7,9,17H2. The molecular weight excluding hydrogens is 311 g/mol. The largest absolute Gasteiger partial charge is 0.469 e. The third-order valence-electron chi connectivity index (χ3n) is 3.05. The summed E-state index contributed by atoms with van der Waals surface area (Å²) in [6.07, 6.45) is 3.95. The molecule has 19 heavy (non-hydrogen) atoms. The van der Waals surface area contributed by atoms with Crippen molar-refractivity contribution in [2.75, 3.05) is 0 Å². The number of hydrogen-bond donors (Lipinski definition) is 2. The summed E-state index contributed by atoms with van der Waals surface area (Å²) in [5.74, 6) is 6.24. The van der Waals surface area contributed by atoms with Crippen LogP contribution < -0.4 is 11.3 Å². The molecule has 3 N–H and O–H groups in total. The Morgan fingerprint density at radius 2 is 2.16 bits per heavy atom. The molecule has 1 aromatic heterocycles. The first kappa shape index (κ1) is 14.2. The van der Waals surface area contributed by atoms with Crippen LogP contribution in [-0.2, 0) is 12.8 Å². The zero-order valence-corrected chi connectivity index (χ0v) is 12.0. The molecule has 0 saturated carbocycles. The number of hydrogen-bond acceptors (Lipinski definition) is 3. The van der Waals surface area contributed by atoms with Crippen LogP contribution in [0.25, 0.3) is 0 Å². The Hall–Kier alpha value is -1.17. The van der Waals surface area contributed by atoms with Crippen molar-refractivity contribution in [2.24, 2.45) is 5.84 Å². The van der Waals surface area contributed by atoms with Gasteiger partial charge in [-0.3, -0.25) is 11.3 Å². The van der Waals surface area contributed by atoms with Gasteiger partial charge in [0.25, 0.3) is 0 Å². The Bertz CT molecular complexity index is 516. The second kappa shape index (κ2) is 6.84. The fourth-order valence-corrected chi connectivity index (χ4v) is 2.41. The molecule has 5 heteroatoms. The Kier molecular flexibility index (Phi) is 5.13. The average Bonchev–Trinajstić information content (AvgIpc) is 2.92. The number of halogens is 2. The lowest BCUT2D eigenvalue weighted by Gasteiger charge is -2.16. The van der Waals surface area contributed by atoms with Crippen LogP contribution in [0.15, 0.2) is 45.5 Å². The molecule has 102 valence electrons. The smallest absolute Gasteiger partial charge is 0.137 e. The van der Waals surface area contributed by atoms with Crippen molar-refractivity contribution in [3.05, 3.63) is 58.2 Å². The van der Waals surface area contributed by atoms with Crippen LogP contribution in [0, 0.1) is 5.82 Å². The highest BCUT2D eigenvalue weighted by molar-refractivity contribution is 9.10. The lowest BCUT2D eigenvalue weighted by atomic mass is 10.0. The Morgan fingerprint density at radius 3 is 2.84 bits per heavy atom. The highest BCUT2D eigenvalue weighted by Gasteiger charge is 2.12. The molecule has 2 aromatic rings. The van der Waals surface area contributed by atoms with E-state index in [1.54, 1.807) is 12.3 Å². The van der Waals surface area contributed by atoms with Crippen LogP contribution in [-0.4, -0.2) is 6.04 Å². The molecule has 0 spiro atoms. The van der Waals surface area contributed by atoms with Gasteiger partial charge in [0.05, 0.1) is 10.7 Å². The molecule has 0 aliphatic carbocycles. The van der Waals surface area contributed by atoms with Crippen molar-refractivity contribution in [3.63, 3.8) is 0 Å². The number of aryl methyl sites for hydroxylation is 1. The number of benzene rings is 1. The minimum absolute atomic E-state index is 0.0724. The second-order valence-electron chi connectivity index (χ2n) is 4.40. The molecule has 2 rings (SSSR count). The third-order valence-corrected chi connectivity index (χ3v) is 3.94. The van der Waals surface area contributed by atoms with E-state index in [1.807, 2.05) is 18.2 Å². The van der Waals surface area contributed by atoms with Crippen LogP contribution in [0.5, 0.6) is 0 Å². The lowest BCUT2D eigenvalue weighted by molar-refractivity contribution is 0.446. The first-order valence-electron chi connectivity index (χ1n) is 6.12. The monoisotopic (exact) mass is 326 g/mol. The number of furan rings is 1. The Labute approximate surface area is 120 Å². The topological polar surface area (TPSA) is 51.2 Å². The van der Waals surface area contributed by atoms with E-state index in [0.29, 0.717) is 10.9 Å². The maximum absolute atomic E-state index is 13.4. The summed E-state index contributed by atoms with van der Waals surface area (Å²) in [6, 6.07) is 8.90. The lowest BCUT2D eigenvalue weighted by Crippen LogP contribution is -2.37. The Morgan fingerprint density at radius 1 is 1.32 bits per heavy atom. The molecule has 1 atom stereocenters. The van der Waals surface area contributed by atoms with E-state index in [4.69, 9.17) is 10.3 Å². The summed E-state index contributed by atoms with van der Waals surface area (Å²) >= 11 is 3.27. The van der Waals surface area contributed by atoms with Crippen molar-refractivity contribution >= 4 is 15.9 Å². The van der Waals surface area contributed by atoms with E-state index in [9.17, 15) is 4.39 Å². The van der Waals surface area contributed by atoms with Gasteiger partial charge in [0.2, 0.25) is 0 Å². The zero-order valence-electron chi connectivity index (χ0n) is 10.4. The van der Waals surface area contributed by atoms with E-state index in [2.05, 4.69) is 21.4 Å². The molecule has 0 amide bonds. The van der Waals surface area contributed by atoms with Crippen LogP contribution in [0.1, 0.15) is 17.7 Å². The highest BCUT2D eigenvalue weighted by Crippen LogP contribution is 2.22. The van der Waals surface area contributed by atoms with Gasteiger partial charge in [-0.2, -0.15) is 0 Å². The first-order chi connectivity index (χ1) is 9.20. The molecule has 1 unspecified atom stereocenters. The Balaban J connectivity index is 1.96. The molecule has 0 aliphatic heterocycles. The minimum atomic E-state index is -0.251. The van der Waals surface area contributed by atoms with E-state index < -0.39 is 0 Å². The average molecular weight is 327 g/mol. The molecule has 0 aliphatic rings. The fraction of sp³-hybridized carbons (Fsp3) is 0.286. The van der Waals surface area contributed by atoms with Crippen LogP contribution >= 0.6 is 15.9 Å². The maximum Gasteiger partial charge on any atom is 0.137 e. The van der Waals surface area contributed by atoms with Gasteiger partial charge in [-0.05, 0) is 52.5 Å². The van der Waals surface area contributed by atoms with Gasteiger partial charge >= 0.3 is 0 Å². The predicted molar refractivity (Wildman–Crippen MR) is 75.9 cm³/mol. The summed E-state index contributed by atoms with van der Waals surface area (Å²) < 4.78 is 19.2. The molecule has 3 nitrogen and oxygen atoms in total. The van der Waals surface area contributed by atoms with E-state index in [1.165, 1.54) is 6.07 Å². The summed E-state index contributed by atoms with van der Waals surface area (Å²) in [4.78, 5) is 0. The van der Waals surface area contributed by atoms with Gasteiger partial charge < -0.3 is 4.42 Å². The van der Waals surface area contributed by atoms with Crippen LogP contribution in [0.3, 0.4) is 0 Å². The first-order valence-corrected chi connectivity index (χ1v) is 6.91. The van der Waals surface area contributed by atoms with Gasteiger partial charge in [0, 0.05) is 12.5 Å². The highest BCUT2D eigenvalue weighted by atomic mass is 79.9. The summed E-state index contributed by atoms with van der Waals surface area (Å²) in [5, 5.41) is 0. The van der Waals surface area contributed by atoms with Crippen LogP contribution in [0.4, 0.5) is 4.39 Å². The van der Waals surface area contributed by atoms with Gasteiger partial charge in [-0.15, -0.1) is 0 Å². The predicted octanol–water partition coefficient (Wildman–Crippen LogP) is 3.19. The normalized spacial score (nSPS) is 12.6. The summed E-state index contributed by atoms with van der Waals surface area (Å²) in [7, 11) is 0. The molecule has 1 heterocycles. The summed E-state index contributed by atoms with van der Waals surface area (Å²) in [6.45, 7) is 0. The molecule has 0 fully saturated rings. The van der Waals surface area contributed by atoms with Gasteiger partial charge in [0.1, 0.15) is 11.6 Å².